The molecule has 0 heterocycles. The van der Waals surface area contributed by atoms with Gasteiger partial charge in [-0.05, 0) is 55.7 Å². The van der Waals surface area contributed by atoms with Crippen molar-refractivity contribution in [3.05, 3.63) is 94.0 Å². The molecule has 0 radical (unpaired) electrons. The number of aryl methyl sites for hydroxylation is 2. The zero-order valence-electron chi connectivity index (χ0n) is 20.8. The predicted molar refractivity (Wildman–Crippen MR) is 141 cm³/mol. The number of hydrogen-bond acceptors (Lipinski definition) is 3. The van der Waals surface area contributed by atoms with Gasteiger partial charge in [0.25, 0.3) is 0 Å². The van der Waals surface area contributed by atoms with Crippen molar-refractivity contribution in [3.63, 3.8) is 0 Å². The third kappa shape index (κ3) is 7.19. The molecular formula is C32H30O3. The molecule has 0 aromatic heterocycles. The lowest BCUT2D eigenvalue weighted by atomic mass is 10.0. The Kier molecular flexibility index (Phi) is 9.45. The first-order valence-electron chi connectivity index (χ1n) is 11.5. The van der Waals surface area contributed by atoms with E-state index in [0.29, 0.717) is 18.8 Å². The van der Waals surface area contributed by atoms with E-state index in [1.807, 2.05) is 55.5 Å². The normalized spacial score (nSPS) is 10.7. The van der Waals surface area contributed by atoms with Crippen molar-refractivity contribution >= 4 is 0 Å². The maximum Gasteiger partial charge on any atom is 0.134 e. The summed E-state index contributed by atoms with van der Waals surface area (Å²) in [6.07, 6.45) is 6.61. The molecule has 0 saturated heterocycles. The summed E-state index contributed by atoms with van der Waals surface area (Å²) in [5.74, 6) is 17.1. The van der Waals surface area contributed by atoms with E-state index < -0.39 is 0 Å². The summed E-state index contributed by atoms with van der Waals surface area (Å²) in [7, 11) is 3.29. The van der Waals surface area contributed by atoms with Gasteiger partial charge in [-0.1, -0.05) is 65.6 Å². The second-order valence-electron chi connectivity index (χ2n) is 8.03. The van der Waals surface area contributed by atoms with Gasteiger partial charge in [0.05, 0.1) is 32.0 Å². The van der Waals surface area contributed by atoms with Gasteiger partial charge in [-0.3, -0.25) is 0 Å². The Morgan fingerprint density at radius 2 is 1.40 bits per heavy atom. The molecule has 0 aliphatic heterocycles. The lowest BCUT2D eigenvalue weighted by molar-refractivity contribution is 0.0898. The average molecular weight is 463 g/mol. The quantitative estimate of drug-likeness (QED) is 0.407. The first-order valence-corrected chi connectivity index (χ1v) is 11.5. The van der Waals surface area contributed by atoms with Crippen LogP contribution in [0.4, 0.5) is 0 Å². The minimum atomic E-state index is -0.243. The lowest BCUT2D eigenvalue weighted by Gasteiger charge is -2.12. The van der Waals surface area contributed by atoms with Gasteiger partial charge in [-0.15, -0.1) is 12.3 Å². The van der Waals surface area contributed by atoms with Gasteiger partial charge < -0.3 is 14.2 Å². The van der Waals surface area contributed by atoms with Crippen molar-refractivity contribution in [2.75, 3.05) is 14.2 Å². The van der Waals surface area contributed by atoms with E-state index in [0.717, 1.165) is 40.0 Å². The van der Waals surface area contributed by atoms with Gasteiger partial charge in [-0.25, -0.2) is 0 Å². The average Bonchev–Trinajstić information content (AvgIpc) is 2.89. The third-order valence-electron chi connectivity index (χ3n) is 5.48. The molecule has 35 heavy (non-hydrogen) atoms. The predicted octanol–water partition coefficient (Wildman–Crippen LogP) is 5.93. The maximum atomic E-state index is 6.04. The summed E-state index contributed by atoms with van der Waals surface area (Å²) in [5, 5.41) is 0. The zero-order valence-corrected chi connectivity index (χ0v) is 20.8. The van der Waals surface area contributed by atoms with Crippen LogP contribution in [-0.4, -0.2) is 20.3 Å². The van der Waals surface area contributed by atoms with Crippen LogP contribution in [0.25, 0.3) is 0 Å². The number of ether oxygens (including phenoxy) is 3. The van der Waals surface area contributed by atoms with Gasteiger partial charge in [0, 0.05) is 12.0 Å². The Morgan fingerprint density at radius 3 is 2.00 bits per heavy atom. The van der Waals surface area contributed by atoms with E-state index in [9.17, 15) is 0 Å². The largest absolute Gasteiger partial charge is 0.495 e. The molecular weight excluding hydrogens is 432 g/mol. The molecule has 176 valence electrons. The van der Waals surface area contributed by atoms with Crippen molar-refractivity contribution in [3.8, 4) is 47.5 Å². The van der Waals surface area contributed by atoms with Crippen LogP contribution in [0.1, 0.15) is 46.7 Å². The molecule has 0 aliphatic carbocycles. The smallest absolute Gasteiger partial charge is 0.134 e. The van der Waals surface area contributed by atoms with Gasteiger partial charge in [0.2, 0.25) is 0 Å². The van der Waals surface area contributed by atoms with Crippen molar-refractivity contribution in [2.45, 2.75) is 39.4 Å². The van der Waals surface area contributed by atoms with E-state index in [1.165, 1.54) is 5.56 Å². The summed E-state index contributed by atoms with van der Waals surface area (Å²) >= 11 is 0. The van der Waals surface area contributed by atoms with Gasteiger partial charge in [0.15, 0.2) is 0 Å². The second-order valence-corrected chi connectivity index (χ2v) is 8.03. The highest BCUT2D eigenvalue weighted by Crippen LogP contribution is 2.25. The zero-order chi connectivity index (χ0) is 25.0. The highest BCUT2D eigenvalue weighted by Gasteiger charge is 2.10. The van der Waals surface area contributed by atoms with Crippen molar-refractivity contribution in [2.24, 2.45) is 0 Å². The fourth-order valence-corrected chi connectivity index (χ4v) is 3.52. The fourth-order valence-electron chi connectivity index (χ4n) is 3.52. The molecule has 3 rings (SSSR count). The number of terminal acetylenes is 1. The molecule has 0 saturated carbocycles. The minimum absolute atomic E-state index is 0.243. The van der Waals surface area contributed by atoms with Crippen LogP contribution in [0.5, 0.6) is 11.5 Å². The molecule has 0 spiro atoms. The molecule has 3 aromatic rings. The van der Waals surface area contributed by atoms with E-state index in [4.69, 9.17) is 20.6 Å². The molecule has 0 bridgehead atoms. The van der Waals surface area contributed by atoms with E-state index >= 15 is 0 Å². The Labute approximate surface area is 209 Å². The van der Waals surface area contributed by atoms with Crippen LogP contribution in [-0.2, 0) is 17.8 Å². The number of rotatable bonds is 7. The molecule has 0 aliphatic rings. The summed E-state index contributed by atoms with van der Waals surface area (Å²) < 4.78 is 17.2. The molecule has 0 fully saturated rings. The topological polar surface area (TPSA) is 27.7 Å². The number of methoxy groups -OCH3 is 2. The van der Waals surface area contributed by atoms with E-state index in [-0.39, 0.29) is 6.10 Å². The fraction of sp³-hybridized carbons (Fsp3) is 0.250. The Hall–Kier alpha value is -4.10. The summed E-state index contributed by atoms with van der Waals surface area (Å²) in [6, 6.07) is 19.9. The Balaban J connectivity index is 1.85. The van der Waals surface area contributed by atoms with Gasteiger partial charge in [0.1, 0.15) is 17.6 Å². The number of hydrogen-bond donors (Lipinski definition) is 0. The van der Waals surface area contributed by atoms with E-state index in [2.05, 4.69) is 48.7 Å². The lowest BCUT2D eigenvalue weighted by Crippen LogP contribution is -2.07. The third-order valence-corrected chi connectivity index (χ3v) is 5.48. The summed E-state index contributed by atoms with van der Waals surface area (Å²) in [5.41, 5.74) is 5.78. The molecule has 1 atom stereocenters. The molecule has 0 N–H and O–H groups in total. The Morgan fingerprint density at radius 1 is 0.800 bits per heavy atom. The van der Waals surface area contributed by atoms with Crippen LogP contribution in [0.3, 0.4) is 0 Å². The van der Waals surface area contributed by atoms with Crippen molar-refractivity contribution in [1.29, 1.82) is 0 Å². The van der Waals surface area contributed by atoms with E-state index in [1.54, 1.807) is 14.2 Å². The molecule has 0 unspecified atom stereocenters. The summed E-state index contributed by atoms with van der Waals surface area (Å²) in [6.45, 7) is 4.36. The highest BCUT2D eigenvalue weighted by atomic mass is 16.5. The molecule has 3 heteroatoms. The molecule has 3 aromatic carbocycles. The standard InChI is InChI=1S/C32H30O3/c1-6-7-10-27-11-8-13-31(33-4)29(27)21-22-30-28(12-9-14-32(30)34-5)23-35-25(3)17-20-26-18-15-24(2)16-19-26/h1,8-9,11-16,18-19,25H,7,10,23H2,2-5H3/t25-/m0/s1. The molecule has 3 nitrogen and oxygen atoms in total. The van der Waals surface area contributed by atoms with Crippen molar-refractivity contribution in [1.82, 2.24) is 0 Å². The second kappa shape index (κ2) is 13.0. The van der Waals surface area contributed by atoms with Gasteiger partial charge >= 0.3 is 0 Å². The minimum Gasteiger partial charge on any atom is -0.495 e. The van der Waals surface area contributed by atoms with Crippen LogP contribution in [0, 0.1) is 42.9 Å². The highest BCUT2D eigenvalue weighted by molar-refractivity contribution is 5.58. The van der Waals surface area contributed by atoms with Crippen LogP contribution in [0.2, 0.25) is 0 Å². The number of benzene rings is 3. The first-order chi connectivity index (χ1) is 17.0. The Bertz CT molecular complexity index is 1310. The van der Waals surface area contributed by atoms with Crippen molar-refractivity contribution < 1.29 is 14.2 Å². The monoisotopic (exact) mass is 462 g/mol. The van der Waals surface area contributed by atoms with Gasteiger partial charge in [-0.2, -0.15) is 0 Å². The van der Waals surface area contributed by atoms with Crippen LogP contribution in [0.15, 0.2) is 60.7 Å². The van der Waals surface area contributed by atoms with Crippen LogP contribution >= 0.6 is 0 Å². The maximum absolute atomic E-state index is 6.04. The molecule has 0 amide bonds. The summed E-state index contributed by atoms with van der Waals surface area (Å²) in [4.78, 5) is 0. The SMILES string of the molecule is C#CCCc1cccc(OC)c1C#Cc1c(CO[C@@H](C)C#Cc2ccc(C)cc2)cccc1OC. The first kappa shape index (κ1) is 25.5. The van der Waals surface area contributed by atoms with Crippen LogP contribution < -0.4 is 9.47 Å².